The molecule has 4 rings (SSSR count). The number of imidazole rings is 1. The molecule has 1 saturated heterocycles. The van der Waals surface area contributed by atoms with Gasteiger partial charge in [-0.15, -0.1) is 0 Å². The number of rotatable bonds is 6. The summed E-state index contributed by atoms with van der Waals surface area (Å²) in [7, 11) is 0. The summed E-state index contributed by atoms with van der Waals surface area (Å²) < 4.78 is 15.2. The summed E-state index contributed by atoms with van der Waals surface area (Å²) in [5, 5.41) is 0.815. The van der Waals surface area contributed by atoms with E-state index in [1.54, 1.807) is 18.3 Å². The number of hydrogen-bond donors (Lipinski definition) is 0. The molecule has 0 radical (unpaired) electrons. The molecule has 5 nitrogen and oxygen atoms in total. The Morgan fingerprint density at radius 1 is 1.00 bits per heavy atom. The number of carbonyl (C=O) groups is 1. The largest absolute Gasteiger partial charge is 0.368 e. The van der Waals surface area contributed by atoms with Gasteiger partial charge in [-0.05, 0) is 47.9 Å². The summed E-state index contributed by atoms with van der Waals surface area (Å²) in [5.41, 5.74) is 3.34. The van der Waals surface area contributed by atoms with E-state index in [0.29, 0.717) is 24.8 Å². The number of nitrogens with zero attached hydrogens (tertiary/aromatic N) is 4. The van der Waals surface area contributed by atoms with Crippen LogP contribution in [0, 0.1) is 5.82 Å². The predicted octanol–water partition coefficient (Wildman–Crippen LogP) is 4.58. The summed E-state index contributed by atoms with van der Waals surface area (Å²) in [5.74, 6) is 0.738. The number of piperazine rings is 1. The Morgan fingerprint density at radius 2 is 1.65 bits per heavy atom. The first-order valence-electron chi connectivity index (χ1n) is 10.6. The molecule has 7 heteroatoms. The van der Waals surface area contributed by atoms with Gasteiger partial charge in [0.25, 0.3) is 0 Å². The molecule has 0 bridgehead atoms. The molecule has 1 fully saturated rings. The van der Waals surface area contributed by atoms with Crippen molar-refractivity contribution in [2.75, 3.05) is 36.8 Å². The van der Waals surface area contributed by atoms with E-state index in [9.17, 15) is 9.18 Å². The molecule has 2 aromatic carbocycles. The first-order valence-corrected chi connectivity index (χ1v) is 11.5. The van der Waals surface area contributed by atoms with Crippen molar-refractivity contribution in [1.82, 2.24) is 14.5 Å². The van der Waals surface area contributed by atoms with E-state index in [4.69, 9.17) is 0 Å². The van der Waals surface area contributed by atoms with Crippen molar-refractivity contribution in [2.45, 2.75) is 24.9 Å². The molecule has 162 valence electrons. The summed E-state index contributed by atoms with van der Waals surface area (Å²) in [6.45, 7) is 7.19. The van der Waals surface area contributed by atoms with Gasteiger partial charge in [-0.1, -0.05) is 37.7 Å². The number of hydrogen-bond acceptors (Lipinski definition) is 4. The lowest BCUT2D eigenvalue weighted by Gasteiger charge is -2.36. The topological polar surface area (TPSA) is 41.4 Å². The fourth-order valence-electron chi connectivity index (χ4n) is 3.70. The maximum absolute atomic E-state index is 13.1. The van der Waals surface area contributed by atoms with Crippen LogP contribution in [0.2, 0.25) is 0 Å². The summed E-state index contributed by atoms with van der Waals surface area (Å²) in [6, 6.07) is 15.0. The average molecular weight is 439 g/mol. The lowest BCUT2D eigenvalue weighted by Crippen LogP contribution is -2.49. The van der Waals surface area contributed by atoms with Crippen LogP contribution in [0.4, 0.5) is 10.1 Å². The SMILES string of the molecule is CC(C)c1ccc(-n2ccnc2SCC(=O)N2CCN(c3ccc(F)cc3)CC2)cc1. The van der Waals surface area contributed by atoms with Crippen molar-refractivity contribution >= 4 is 23.4 Å². The highest BCUT2D eigenvalue weighted by atomic mass is 32.2. The summed E-state index contributed by atoms with van der Waals surface area (Å²) in [6.07, 6.45) is 3.70. The van der Waals surface area contributed by atoms with Gasteiger partial charge in [0, 0.05) is 49.9 Å². The molecule has 0 N–H and O–H groups in total. The minimum Gasteiger partial charge on any atom is -0.368 e. The van der Waals surface area contributed by atoms with Crippen LogP contribution in [0.5, 0.6) is 0 Å². The number of benzene rings is 2. The third kappa shape index (κ3) is 5.10. The minimum atomic E-state index is -0.233. The Morgan fingerprint density at radius 3 is 2.29 bits per heavy atom. The van der Waals surface area contributed by atoms with E-state index in [2.05, 4.69) is 48.0 Å². The van der Waals surface area contributed by atoms with Crippen molar-refractivity contribution < 1.29 is 9.18 Å². The molecule has 0 saturated carbocycles. The number of amides is 1. The lowest BCUT2D eigenvalue weighted by molar-refractivity contribution is -0.128. The van der Waals surface area contributed by atoms with Crippen LogP contribution in [-0.4, -0.2) is 52.3 Å². The lowest BCUT2D eigenvalue weighted by atomic mass is 10.0. The van der Waals surface area contributed by atoms with Gasteiger partial charge in [0.15, 0.2) is 5.16 Å². The predicted molar refractivity (Wildman–Crippen MR) is 124 cm³/mol. The second-order valence-corrected chi connectivity index (χ2v) is 8.90. The standard InChI is InChI=1S/C24H27FN4OS/c1-18(2)19-3-7-22(8-4-19)29-12-11-26-24(29)31-17-23(30)28-15-13-27(14-16-28)21-9-5-20(25)6-10-21/h3-12,18H,13-17H2,1-2H3. The smallest absolute Gasteiger partial charge is 0.233 e. The van der Waals surface area contributed by atoms with Crippen molar-refractivity contribution in [2.24, 2.45) is 0 Å². The Kier molecular flexibility index (Phi) is 6.61. The van der Waals surface area contributed by atoms with Crippen LogP contribution in [0.1, 0.15) is 25.3 Å². The molecule has 31 heavy (non-hydrogen) atoms. The Bertz CT molecular complexity index is 1010. The molecule has 0 aliphatic carbocycles. The van der Waals surface area contributed by atoms with Gasteiger partial charge in [-0.3, -0.25) is 9.36 Å². The second kappa shape index (κ2) is 9.56. The number of carbonyl (C=O) groups excluding carboxylic acids is 1. The van der Waals surface area contributed by atoms with Crippen molar-refractivity contribution in [1.29, 1.82) is 0 Å². The molecule has 3 aromatic rings. The number of thioether (sulfide) groups is 1. The van der Waals surface area contributed by atoms with E-state index in [-0.39, 0.29) is 11.7 Å². The Hall–Kier alpha value is -2.80. The maximum Gasteiger partial charge on any atom is 0.233 e. The first kappa shape index (κ1) is 21.4. The monoisotopic (exact) mass is 438 g/mol. The quantitative estimate of drug-likeness (QED) is 0.529. The van der Waals surface area contributed by atoms with Crippen LogP contribution >= 0.6 is 11.8 Å². The zero-order valence-corrected chi connectivity index (χ0v) is 18.7. The second-order valence-electron chi connectivity index (χ2n) is 7.96. The fourth-order valence-corrected chi connectivity index (χ4v) is 4.57. The molecule has 1 amide bonds. The van der Waals surface area contributed by atoms with Gasteiger partial charge < -0.3 is 9.80 Å². The number of aromatic nitrogens is 2. The average Bonchev–Trinajstić information content (AvgIpc) is 3.27. The normalized spacial score (nSPS) is 14.3. The van der Waals surface area contributed by atoms with E-state index >= 15 is 0 Å². The number of anilines is 1. The van der Waals surface area contributed by atoms with Crippen LogP contribution in [0.25, 0.3) is 5.69 Å². The zero-order valence-electron chi connectivity index (χ0n) is 17.9. The van der Waals surface area contributed by atoms with E-state index in [1.807, 2.05) is 15.7 Å². The summed E-state index contributed by atoms with van der Waals surface area (Å²) in [4.78, 5) is 21.3. The van der Waals surface area contributed by atoms with E-state index < -0.39 is 0 Å². The van der Waals surface area contributed by atoms with Crippen LogP contribution < -0.4 is 4.90 Å². The molecule has 1 aliphatic rings. The maximum atomic E-state index is 13.1. The van der Waals surface area contributed by atoms with Crippen LogP contribution in [0.3, 0.4) is 0 Å². The van der Waals surface area contributed by atoms with Crippen LogP contribution in [0.15, 0.2) is 66.1 Å². The van der Waals surface area contributed by atoms with Gasteiger partial charge >= 0.3 is 0 Å². The van der Waals surface area contributed by atoms with E-state index in [1.165, 1.54) is 29.5 Å². The molecule has 0 spiro atoms. The van der Waals surface area contributed by atoms with Gasteiger partial charge in [0.2, 0.25) is 5.91 Å². The molecule has 0 atom stereocenters. The van der Waals surface area contributed by atoms with Gasteiger partial charge in [0.1, 0.15) is 5.82 Å². The van der Waals surface area contributed by atoms with Crippen LogP contribution in [-0.2, 0) is 4.79 Å². The molecular weight excluding hydrogens is 411 g/mol. The van der Waals surface area contributed by atoms with Gasteiger partial charge in [-0.25, -0.2) is 9.37 Å². The highest BCUT2D eigenvalue weighted by Crippen LogP contribution is 2.23. The molecular formula is C24H27FN4OS. The van der Waals surface area contributed by atoms with Gasteiger partial charge in [-0.2, -0.15) is 0 Å². The minimum absolute atomic E-state index is 0.119. The third-order valence-corrected chi connectivity index (χ3v) is 6.55. The molecule has 2 heterocycles. The zero-order chi connectivity index (χ0) is 21.8. The van der Waals surface area contributed by atoms with Crippen molar-refractivity contribution in [3.05, 3.63) is 72.3 Å². The highest BCUT2D eigenvalue weighted by molar-refractivity contribution is 7.99. The van der Waals surface area contributed by atoms with Gasteiger partial charge in [0.05, 0.1) is 5.75 Å². The Balaban J connectivity index is 1.32. The third-order valence-electron chi connectivity index (χ3n) is 5.59. The van der Waals surface area contributed by atoms with E-state index in [0.717, 1.165) is 29.6 Å². The number of halogens is 1. The molecule has 0 unspecified atom stereocenters. The molecule has 1 aromatic heterocycles. The summed E-state index contributed by atoms with van der Waals surface area (Å²) >= 11 is 1.46. The van der Waals surface area contributed by atoms with Crippen molar-refractivity contribution in [3.63, 3.8) is 0 Å². The first-order chi connectivity index (χ1) is 15.0. The molecule has 1 aliphatic heterocycles. The fraction of sp³-hybridized carbons (Fsp3) is 0.333. The van der Waals surface area contributed by atoms with Crippen molar-refractivity contribution in [3.8, 4) is 5.69 Å². The highest BCUT2D eigenvalue weighted by Gasteiger charge is 2.22. The Labute approximate surface area is 186 Å².